The second kappa shape index (κ2) is 8.67. The molecule has 2 heterocycles. The molecule has 2 amide bonds. The summed E-state index contributed by atoms with van der Waals surface area (Å²) in [7, 11) is 1.37. The Kier molecular flexibility index (Phi) is 5.81. The van der Waals surface area contributed by atoms with Crippen molar-refractivity contribution < 1.29 is 19.1 Å². The van der Waals surface area contributed by atoms with Crippen molar-refractivity contribution in [3.05, 3.63) is 59.7 Å². The van der Waals surface area contributed by atoms with E-state index in [1.807, 2.05) is 41.3 Å². The highest BCUT2D eigenvalue weighted by Crippen LogP contribution is 2.25. The molecule has 4 rings (SSSR count). The van der Waals surface area contributed by atoms with Gasteiger partial charge in [-0.3, -0.25) is 19.3 Å². The molecule has 7 heteroatoms. The lowest BCUT2D eigenvalue weighted by Gasteiger charge is -2.34. The number of nitrogens with one attached hydrogen (secondary N) is 1. The highest BCUT2D eigenvalue weighted by Gasteiger charge is 2.33. The Labute approximate surface area is 175 Å². The number of amides is 2. The van der Waals surface area contributed by atoms with Crippen LogP contribution in [0.15, 0.2) is 48.5 Å². The number of benzene rings is 2. The van der Waals surface area contributed by atoms with Crippen molar-refractivity contribution in [2.24, 2.45) is 0 Å². The molecule has 0 aliphatic carbocycles. The first-order valence-electron chi connectivity index (χ1n) is 10.1. The van der Waals surface area contributed by atoms with Crippen LogP contribution >= 0.6 is 0 Å². The maximum Gasteiger partial charge on any atom is 0.323 e. The van der Waals surface area contributed by atoms with Crippen molar-refractivity contribution in [1.82, 2.24) is 4.90 Å². The van der Waals surface area contributed by atoms with E-state index in [0.29, 0.717) is 25.1 Å². The molecule has 1 fully saturated rings. The van der Waals surface area contributed by atoms with Gasteiger partial charge in [-0.05, 0) is 48.2 Å². The summed E-state index contributed by atoms with van der Waals surface area (Å²) in [6, 6.07) is 14.7. The van der Waals surface area contributed by atoms with Crippen molar-refractivity contribution in [1.29, 1.82) is 0 Å². The molecule has 0 spiro atoms. The SMILES string of the molecule is COC(=O)[C@H]1Cc2ccccc2CN1CC(=O)Nc1ccc(N2CCCC2=O)cc1. The van der Waals surface area contributed by atoms with Crippen molar-refractivity contribution in [3.8, 4) is 0 Å². The summed E-state index contributed by atoms with van der Waals surface area (Å²) in [5.74, 6) is -0.406. The summed E-state index contributed by atoms with van der Waals surface area (Å²) >= 11 is 0. The van der Waals surface area contributed by atoms with E-state index in [1.165, 1.54) is 7.11 Å². The molecule has 2 aliphatic rings. The van der Waals surface area contributed by atoms with E-state index in [4.69, 9.17) is 4.74 Å². The number of carbonyl (C=O) groups is 3. The molecule has 156 valence electrons. The summed E-state index contributed by atoms with van der Waals surface area (Å²) in [6.07, 6.45) is 1.98. The number of hydrogen-bond donors (Lipinski definition) is 1. The van der Waals surface area contributed by atoms with Crippen LogP contribution in [0.3, 0.4) is 0 Å². The third kappa shape index (κ3) is 4.21. The Morgan fingerprint density at radius 1 is 1.10 bits per heavy atom. The first kappa shape index (κ1) is 20.1. The summed E-state index contributed by atoms with van der Waals surface area (Å²) in [5, 5.41) is 2.88. The molecule has 1 atom stereocenters. The van der Waals surface area contributed by atoms with Crippen LogP contribution in [0.25, 0.3) is 0 Å². The molecular weight excluding hydrogens is 382 g/mol. The average molecular weight is 407 g/mol. The van der Waals surface area contributed by atoms with E-state index < -0.39 is 6.04 Å². The smallest absolute Gasteiger partial charge is 0.323 e. The van der Waals surface area contributed by atoms with Crippen LogP contribution in [0.4, 0.5) is 11.4 Å². The van der Waals surface area contributed by atoms with Gasteiger partial charge in [0, 0.05) is 30.9 Å². The number of ether oxygens (including phenoxy) is 1. The molecular formula is C23H25N3O4. The van der Waals surface area contributed by atoms with E-state index >= 15 is 0 Å². The van der Waals surface area contributed by atoms with Crippen LogP contribution in [0.5, 0.6) is 0 Å². The second-order valence-electron chi connectivity index (χ2n) is 7.66. The largest absolute Gasteiger partial charge is 0.468 e. The standard InChI is InChI=1S/C23H25N3O4/c1-30-23(29)20-13-16-5-2-3-6-17(16)14-25(20)15-21(27)24-18-8-10-19(11-9-18)26-12-4-7-22(26)28/h2-3,5-6,8-11,20H,4,7,12-15H2,1H3,(H,24,27)/t20-/m1/s1. The highest BCUT2D eigenvalue weighted by atomic mass is 16.5. The van der Waals surface area contributed by atoms with Gasteiger partial charge < -0.3 is 15.0 Å². The fourth-order valence-corrected chi connectivity index (χ4v) is 4.14. The Morgan fingerprint density at radius 3 is 2.50 bits per heavy atom. The lowest BCUT2D eigenvalue weighted by molar-refractivity contribution is -0.148. The van der Waals surface area contributed by atoms with Gasteiger partial charge in [0.1, 0.15) is 6.04 Å². The van der Waals surface area contributed by atoms with Crippen LogP contribution < -0.4 is 10.2 Å². The molecule has 0 saturated carbocycles. The molecule has 0 unspecified atom stereocenters. The first-order chi connectivity index (χ1) is 14.5. The number of rotatable bonds is 5. The molecule has 0 bridgehead atoms. The fourth-order valence-electron chi connectivity index (χ4n) is 4.14. The summed E-state index contributed by atoms with van der Waals surface area (Å²) in [6.45, 7) is 1.33. The minimum Gasteiger partial charge on any atom is -0.468 e. The predicted octanol–water partition coefficient (Wildman–Crippen LogP) is 2.35. The zero-order valence-corrected chi connectivity index (χ0v) is 17.0. The zero-order valence-electron chi connectivity index (χ0n) is 17.0. The molecule has 0 radical (unpaired) electrons. The summed E-state index contributed by atoms with van der Waals surface area (Å²) in [4.78, 5) is 40.4. The molecule has 7 nitrogen and oxygen atoms in total. The van der Waals surface area contributed by atoms with E-state index in [9.17, 15) is 14.4 Å². The second-order valence-corrected chi connectivity index (χ2v) is 7.66. The van der Waals surface area contributed by atoms with Gasteiger partial charge in [0.25, 0.3) is 0 Å². The Bertz CT molecular complexity index is 957. The maximum atomic E-state index is 12.7. The van der Waals surface area contributed by atoms with Gasteiger partial charge in [-0.25, -0.2) is 0 Å². The van der Waals surface area contributed by atoms with Crippen LogP contribution in [0, 0.1) is 0 Å². The normalized spacial score (nSPS) is 18.8. The fraction of sp³-hybridized carbons (Fsp3) is 0.348. The van der Waals surface area contributed by atoms with Gasteiger partial charge in [-0.1, -0.05) is 24.3 Å². The number of fused-ring (bicyclic) bond motifs is 1. The van der Waals surface area contributed by atoms with Gasteiger partial charge in [0.05, 0.1) is 13.7 Å². The quantitative estimate of drug-likeness (QED) is 0.770. The number of anilines is 2. The van der Waals surface area contributed by atoms with Gasteiger partial charge in [0.2, 0.25) is 11.8 Å². The third-order valence-corrected chi connectivity index (χ3v) is 5.70. The Morgan fingerprint density at radius 2 is 1.83 bits per heavy atom. The van der Waals surface area contributed by atoms with Gasteiger partial charge in [-0.15, -0.1) is 0 Å². The van der Waals surface area contributed by atoms with E-state index in [0.717, 1.165) is 29.8 Å². The highest BCUT2D eigenvalue weighted by molar-refractivity contribution is 5.96. The molecule has 2 aromatic carbocycles. The summed E-state index contributed by atoms with van der Waals surface area (Å²) in [5.41, 5.74) is 3.72. The average Bonchev–Trinajstić information content (AvgIpc) is 3.19. The number of nitrogens with zero attached hydrogens (tertiary/aromatic N) is 2. The molecule has 1 N–H and O–H groups in total. The molecule has 30 heavy (non-hydrogen) atoms. The van der Waals surface area contributed by atoms with Crippen molar-refractivity contribution in [3.63, 3.8) is 0 Å². The van der Waals surface area contributed by atoms with Gasteiger partial charge in [-0.2, -0.15) is 0 Å². The van der Waals surface area contributed by atoms with Crippen molar-refractivity contribution >= 4 is 29.2 Å². The first-order valence-corrected chi connectivity index (χ1v) is 10.1. The summed E-state index contributed by atoms with van der Waals surface area (Å²) < 4.78 is 4.96. The molecule has 1 saturated heterocycles. The molecule has 2 aromatic rings. The van der Waals surface area contributed by atoms with Crippen LogP contribution in [0.1, 0.15) is 24.0 Å². The molecule has 2 aliphatic heterocycles. The monoisotopic (exact) mass is 407 g/mol. The third-order valence-electron chi connectivity index (χ3n) is 5.70. The minimum atomic E-state index is -0.487. The number of esters is 1. The Hall–Kier alpha value is -3.19. The minimum absolute atomic E-state index is 0.0838. The van der Waals surface area contributed by atoms with Crippen molar-refractivity contribution in [2.45, 2.75) is 31.8 Å². The van der Waals surface area contributed by atoms with Gasteiger partial charge >= 0.3 is 5.97 Å². The number of methoxy groups -OCH3 is 1. The zero-order chi connectivity index (χ0) is 21.1. The van der Waals surface area contributed by atoms with E-state index in [-0.39, 0.29) is 24.3 Å². The Balaban J connectivity index is 1.42. The van der Waals surface area contributed by atoms with Crippen LogP contribution in [-0.2, 0) is 32.1 Å². The number of hydrogen-bond acceptors (Lipinski definition) is 5. The number of carbonyl (C=O) groups excluding carboxylic acids is 3. The predicted molar refractivity (Wildman–Crippen MR) is 113 cm³/mol. The van der Waals surface area contributed by atoms with Crippen LogP contribution in [0.2, 0.25) is 0 Å². The van der Waals surface area contributed by atoms with Crippen molar-refractivity contribution in [2.75, 3.05) is 30.4 Å². The van der Waals surface area contributed by atoms with E-state index in [2.05, 4.69) is 5.32 Å². The topological polar surface area (TPSA) is 79.0 Å². The van der Waals surface area contributed by atoms with Gasteiger partial charge in [0.15, 0.2) is 0 Å². The molecule has 0 aromatic heterocycles. The van der Waals surface area contributed by atoms with Crippen LogP contribution in [-0.4, -0.2) is 48.9 Å². The van der Waals surface area contributed by atoms with E-state index in [1.54, 1.807) is 17.0 Å². The lowest BCUT2D eigenvalue weighted by Crippen LogP contribution is -2.49. The maximum absolute atomic E-state index is 12.7. The lowest BCUT2D eigenvalue weighted by atomic mass is 9.94.